The largest absolute Gasteiger partial charge is 0.507 e. The Morgan fingerprint density at radius 1 is 1.16 bits per heavy atom. The van der Waals surface area contributed by atoms with Gasteiger partial charge in [-0.1, -0.05) is 47.5 Å². The zero-order chi connectivity index (χ0) is 22.7. The van der Waals surface area contributed by atoms with Crippen molar-refractivity contribution in [2.45, 2.75) is 6.54 Å². The zero-order valence-corrected chi connectivity index (χ0v) is 18.1. The average molecular weight is 463 g/mol. The topological polar surface area (TPSA) is 90.4 Å². The van der Waals surface area contributed by atoms with E-state index in [-0.39, 0.29) is 16.9 Å². The first-order valence-corrected chi connectivity index (χ1v) is 10.3. The van der Waals surface area contributed by atoms with Gasteiger partial charge in [0.25, 0.3) is 5.91 Å². The summed E-state index contributed by atoms with van der Waals surface area (Å²) in [5, 5.41) is 24.6. The van der Waals surface area contributed by atoms with Crippen molar-refractivity contribution < 1.29 is 9.90 Å². The van der Waals surface area contributed by atoms with Crippen molar-refractivity contribution in [3.8, 4) is 11.8 Å². The third kappa shape index (κ3) is 4.30. The number of nitrogens with zero attached hydrogens (tertiary/aromatic N) is 3. The number of aromatic nitrogens is 1. The minimum Gasteiger partial charge on any atom is -0.507 e. The molecular weight excluding hydrogens is 447 g/mol. The number of phenolic OH excluding ortho intramolecular Hbond substituents is 1. The van der Waals surface area contributed by atoms with Crippen LogP contribution in [0.1, 0.15) is 27.0 Å². The van der Waals surface area contributed by atoms with Crippen LogP contribution in [0.15, 0.2) is 72.0 Å². The van der Waals surface area contributed by atoms with Gasteiger partial charge in [0, 0.05) is 34.8 Å². The van der Waals surface area contributed by atoms with E-state index in [4.69, 9.17) is 28.5 Å². The van der Waals surface area contributed by atoms with Gasteiger partial charge in [-0.05, 0) is 42.0 Å². The number of hydrazone groups is 1. The minimum atomic E-state index is -0.488. The van der Waals surface area contributed by atoms with Crippen molar-refractivity contribution in [2.24, 2.45) is 5.10 Å². The molecule has 1 amide bonds. The summed E-state index contributed by atoms with van der Waals surface area (Å²) in [5.74, 6) is -0.666. The molecule has 1 aromatic heterocycles. The van der Waals surface area contributed by atoms with Crippen LogP contribution in [0.25, 0.3) is 10.9 Å². The van der Waals surface area contributed by atoms with E-state index in [1.165, 1.54) is 18.2 Å². The maximum absolute atomic E-state index is 12.3. The van der Waals surface area contributed by atoms with Gasteiger partial charge in [0.1, 0.15) is 11.8 Å². The second kappa shape index (κ2) is 9.15. The number of benzene rings is 3. The predicted octanol–water partition coefficient (Wildman–Crippen LogP) is 5.34. The fourth-order valence-electron chi connectivity index (χ4n) is 3.34. The summed E-state index contributed by atoms with van der Waals surface area (Å²) < 4.78 is 2.06. The molecule has 0 aliphatic carbocycles. The SMILES string of the molecule is N#Cc1cc(C(=O)NN=Cc2cccc3c2ccn3Cc2cccc(Cl)c2Cl)ccc1O. The molecule has 4 aromatic rings. The zero-order valence-electron chi connectivity index (χ0n) is 16.6. The number of aromatic hydroxyl groups is 1. The van der Waals surface area contributed by atoms with E-state index < -0.39 is 5.91 Å². The number of halogens is 2. The second-order valence-electron chi connectivity index (χ2n) is 6.98. The molecule has 0 fully saturated rings. The maximum atomic E-state index is 12.3. The Balaban J connectivity index is 1.54. The molecule has 0 aliphatic rings. The molecule has 8 heteroatoms. The van der Waals surface area contributed by atoms with Gasteiger partial charge in [-0.2, -0.15) is 10.4 Å². The summed E-state index contributed by atoms with van der Waals surface area (Å²) in [6.07, 6.45) is 3.51. The minimum absolute atomic E-state index is 0.0209. The number of carbonyl (C=O) groups is 1. The Labute approximate surface area is 193 Å². The number of rotatable bonds is 5. The van der Waals surface area contributed by atoms with Crippen LogP contribution in [-0.4, -0.2) is 21.8 Å². The molecule has 0 bridgehead atoms. The van der Waals surface area contributed by atoms with Crippen LogP contribution in [0, 0.1) is 11.3 Å². The van der Waals surface area contributed by atoms with Gasteiger partial charge in [0.2, 0.25) is 0 Å². The van der Waals surface area contributed by atoms with Crippen molar-refractivity contribution >= 4 is 46.2 Å². The molecule has 0 atom stereocenters. The highest BCUT2D eigenvalue weighted by Crippen LogP contribution is 2.28. The molecule has 6 nitrogen and oxygen atoms in total. The van der Waals surface area contributed by atoms with E-state index in [1.807, 2.05) is 48.7 Å². The monoisotopic (exact) mass is 462 g/mol. The Bertz CT molecular complexity index is 1400. The van der Waals surface area contributed by atoms with E-state index in [2.05, 4.69) is 15.1 Å². The number of fused-ring (bicyclic) bond motifs is 1. The number of carbonyl (C=O) groups excluding carboxylic acids is 1. The van der Waals surface area contributed by atoms with Gasteiger partial charge < -0.3 is 9.67 Å². The molecule has 0 spiro atoms. The summed E-state index contributed by atoms with van der Waals surface area (Å²) in [7, 11) is 0. The number of hydrogen-bond donors (Lipinski definition) is 2. The number of phenols is 1. The Kier molecular flexibility index (Phi) is 6.13. The van der Waals surface area contributed by atoms with Crippen molar-refractivity contribution in [2.75, 3.05) is 0 Å². The van der Waals surface area contributed by atoms with Crippen LogP contribution in [0.5, 0.6) is 5.75 Å². The molecule has 0 saturated carbocycles. The van der Waals surface area contributed by atoms with Crippen LogP contribution in [0.4, 0.5) is 0 Å². The molecule has 158 valence electrons. The molecule has 0 saturated heterocycles. The fourth-order valence-corrected chi connectivity index (χ4v) is 3.72. The molecule has 0 unspecified atom stereocenters. The van der Waals surface area contributed by atoms with Crippen molar-refractivity contribution in [3.05, 3.63) is 99.2 Å². The molecule has 0 radical (unpaired) electrons. The van der Waals surface area contributed by atoms with Gasteiger partial charge in [0.05, 0.1) is 21.8 Å². The van der Waals surface area contributed by atoms with Crippen LogP contribution >= 0.6 is 23.2 Å². The van der Waals surface area contributed by atoms with Gasteiger partial charge in [-0.3, -0.25) is 4.79 Å². The van der Waals surface area contributed by atoms with Crippen molar-refractivity contribution in [1.29, 1.82) is 5.26 Å². The summed E-state index contributed by atoms with van der Waals surface area (Å²) in [6.45, 7) is 0.558. The van der Waals surface area contributed by atoms with Crippen LogP contribution < -0.4 is 5.43 Å². The third-order valence-corrected chi connectivity index (χ3v) is 5.83. The summed E-state index contributed by atoms with van der Waals surface area (Å²) in [6, 6.07) is 19.2. The lowest BCUT2D eigenvalue weighted by Gasteiger charge is -2.09. The molecule has 2 N–H and O–H groups in total. The fraction of sp³-hybridized carbons (Fsp3) is 0.0417. The van der Waals surface area contributed by atoms with Crippen LogP contribution in [0.2, 0.25) is 10.0 Å². The molecule has 1 heterocycles. The Morgan fingerprint density at radius 2 is 1.97 bits per heavy atom. The second-order valence-corrected chi connectivity index (χ2v) is 7.76. The quantitative estimate of drug-likeness (QED) is 0.309. The van der Waals surface area contributed by atoms with E-state index in [0.29, 0.717) is 16.6 Å². The van der Waals surface area contributed by atoms with Gasteiger partial charge >= 0.3 is 0 Å². The van der Waals surface area contributed by atoms with E-state index in [9.17, 15) is 9.90 Å². The van der Waals surface area contributed by atoms with Gasteiger partial charge in [-0.15, -0.1) is 0 Å². The lowest BCUT2D eigenvalue weighted by Crippen LogP contribution is -2.17. The summed E-state index contributed by atoms with van der Waals surface area (Å²) in [4.78, 5) is 12.3. The van der Waals surface area contributed by atoms with Gasteiger partial charge in [-0.25, -0.2) is 5.43 Å². The summed E-state index contributed by atoms with van der Waals surface area (Å²) in [5.41, 5.74) is 5.40. The highest BCUT2D eigenvalue weighted by Gasteiger charge is 2.10. The van der Waals surface area contributed by atoms with Crippen molar-refractivity contribution in [1.82, 2.24) is 9.99 Å². The first kappa shape index (κ1) is 21.4. The number of nitriles is 1. The number of hydrogen-bond acceptors (Lipinski definition) is 4. The predicted molar refractivity (Wildman–Crippen MR) is 125 cm³/mol. The number of nitrogens with one attached hydrogen (secondary N) is 1. The van der Waals surface area contributed by atoms with Crippen LogP contribution in [0.3, 0.4) is 0 Å². The standard InChI is InChI=1S/C24H16Cl2N4O2/c25-20-5-1-4-17(23(20)26)14-30-10-9-19-16(3-2-6-21(19)30)13-28-29-24(32)15-7-8-22(31)18(11-15)12-27/h1-11,13,31H,14H2,(H,29,32). The van der Waals surface area contributed by atoms with Crippen LogP contribution in [-0.2, 0) is 6.54 Å². The molecular formula is C24H16Cl2N4O2. The smallest absolute Gasteiger partial charge is 0.271 e. The van der Waals surface area contributed by atoms with E-state index in [0.717, 1.165) is 22.0 Å². The van der Waals surface area contributed by atoms with Crippen molar-refractivity contribution in [3.63, 3.8) is 0 Å². The summed E-state index contributed by atoms with van der Waals surface area (Å²) >= 11 is 12.5. The maximum Gasteiger partial charge on any atom is 0.271 e. The molecule has 4 rings (SSSR count). The first-order chi connectivity index (χ1) is 15.5. The van der Waals surface area contributed by atoms with Gasteiger partial charge in [0.15, 0.2) is 0 Å². The number of amides is 1. The molecule has 3 aromatic carbocycles. The first-order valence-electron chi connectivity index (χ1n) is 9.55. The highest BCUT2D eigenvalue weighted by atomic mass is 35.5. The normalized spacial score (nSPS) is 11.0. The lowest BCUT2D eigenvalue weighted by atomic mass is 10.1. The lowest BCUT2D eigenvalue weighted by molar-refractivity contribution is 0.0955. The molecule has 0 aliphatic heterocycles. The highest BCUT2D eigenvalue weighted by molar-refractivity contribution is 6.42. The average Bonchev–Trinajstić information content (AvgIpc) is 3.21. The van der Waals surface area contributed by atoms with E-state index >= 15 is 0 Å². The third-order valence-electron chi connectivity index (χ3n) is 4.97. The Morgan fingerprint density at radius 3 is 2.78 bits per heavy atom. The van der Waals surface area contributed by atoms with E-state index in [1.54, 1.807) is 12.3 Å². The Hall–Kier alpha value is -3.79. The molecule has 32 heavy (non-hydrogen) atoms.